The number of nitrogens with one attached hydrogen (secondary N) is 1. The van der Waals surface area contributed by atoms with Crippen LogP contribution in [-0.2, 0) is 16.1 Å². The highest BCUT2D eigenvalue weighted by molar-refractivity contribution is 5.78. The molecule has 0 unspecified atom stereocenters. The molecule has 1 aromatic carbocycles. The van der Waals surface area contributed by atoms with Crippen molar-refractivity contribution in [2.75, 3.05) is 6.61 Å². The van der Waals surface area contributed by atoms with Crippen molar-refractivity contribution < 1.29 is 9.53 Å². The van der Waals surface area contributed by atoms with E-state index in [0.29, 0.717) is 25.7 Å². The highest BCUT2D eigenvalue weighted by Gasteiger charge is 2.19. The zero-order valence-corrected chi connectivity index (χ0v) is 9.32. The van der Waals surface area contributed by atoms with E-state index in [4.69, 9.17) is 4.74 Å². The second-order valence-electron chi connectivity index (χ2n) is 4.13. The van der Waals surface area contributed by atoms with E-state index in [9.17, 15) is 4.79 Å². The Morgan fingerprint density at radius 2 is 2.12 bits per heavy atom. The summed E-state index contributed by atoms with van der Waals surface area (Å²) in [4.78, 5) is 11.0. The predicted octanol–water partition coefficient (Wildman–Crippen LogP) is 1.87. The van der Waals surface area contributed by atoms with Crippen LogP contribution in [0, 0.1) is 0 Å². The van der Waals surface area contributed by atoms with Crippen molar-refractivity contribution >= 4 is 5.91 Å². The molecule has 1 aliphatic rings. The molecule has 0 saturated carbocycles. The zero-order valence-electron chi connectivity index (χ0n) is 9.32. The predicted molar refractivity (Wildman–Crippen MR) is 61.9 cm³/mol. The maximum Gasteiger partial charge on any atom is 0.220 e. The summed E-state index contributed by atoms with van der Waals surface area (Å²) in [6, 6.07) is 10.4. The first-order valence-corrected chi connectivity index (χ1v) is 5.75. The first-order valence-electron chi connectivity index (χ1n) is 5.75. The molecule has 1 atom stereocenters. The minimum atomic E-state index is 0.174. The molecule has 3 heteroatoms. The van der Waals surface area contributed by atoms with Crippen LogP contribution >= 0.6 is 0 Å². The van der Waals surface area contributed by atoms with Crippen LogP contribution in [0.5, 0.6) is 0 Å². The van der Waals surface area contributed by atoms with Crippen LogP contribution in [0.3, 0.4) is 0 Å². The standard InChI is InChI=1S/C13H17NO2/c15-13-7-6-12(14-13)8-9-16-10-11-4-2-1-3-5-11/h1-5,12H,6-10H2,(H,14,15)/t12-/m0/s1. The highest BCUT2D eigenvalue weighted by atomic mass is 16.5. The molecule has 2 rings (SSSR count). The molecule has 1 saturated heterocycles. The lowest BCUT2D eigenvalue weighted by Gasteiger charge is -2.09. The van der Waals surface area contributed by atoms with E-state index in [0.717, 1.165) is 12.8 Å². The van der Waals surface area contributed by atoms with E-state index < -0.39 is 0 Å². The summed E-state index contributed by atoms with van der Waals surface area (Å²) < 4.78 is 5.57. The van der Waals surface area contributed by atoms with Gasteiger partial charge in [-0.05, 0) is 18.4 Å². The topological polar surface area (TPSA) is 38.3 Å². The average molecular weight is 219 g/mol. The Balaban J connectivity index is 1.60. The largest absolute Gasteiger partial charge is 0.377 e. The molecule has 86 valence electrons. The summed E-state index contributed by atoms with van der Waals surface area (Å²) in [5, 5.41) is 2.93. The van der Waals surface area contributed by atoms with Gasteiger partial charge in [0.1, 0.15) is 0 Å². The van der Waals surface area contributed by atoms with Crippen molar-refractivity contribution in [1.29, 1.82) is 0 Å². The third-order valence-electron chi connectivity index (χ3n) is 2.81. The summed E-state index contributed by atoms with van der Waals surface area (Å²) in [6.07, 6.45) is 2.54. The number of hydrogen-bond donors (Lipinski definition) is 1. The quantitative estimate of drug-likeness (QED) is 0.768. The average Bonchev–Trinajstić information content (AvgIpc) is 2.72. The summed E-state index contributed by atoms with van der Waals surface area (Å²) >= 11 is 0. The molecule has 1 N–H and O–H groups in total. The lowest BCUT2D eigenvalue weighted by atomic mass is 10.2. The van der Waals surface area contributed by atoms with E-state index >= 15 is 0 Å². The lowest BCUT2D eigenvalue weighted by molar-refractivity contribution is -0.119. The first-order chi connectivity index (χ1) is 7.84. The van der Waals surface area contributed by atoms with Gasteiger partial charge in [0.25, 0.3) is 0 Å². The van der Waals surface area contributed by atoms with Gasteiger partial charge in [0.15, 0.2) is 0 Å². The summed E-state index contributed by atoms with van der Waals surface area (Å²) in [5.74, 6) is 0.174. The number of hydrogen-bond acceptors (Lipinski definition) is 2. The van der Waals surface area contributed by atoms with Crippen LogP contribution in [0.25, 0.3) is 0 Å². The van der Waals surface area contributed by atoms with Crippen LogP contribution in [-0.4, -0.2) is 18.6 Å². The first kappa shape index (κ1) is 11.1. The highest BCUT2D eigenvalue weighted by Crippen LogP contribution is 2.10. The number of carbonyl (C=O) groups is 1. The SMILES string of the molecule is O=C1CC[C@@H](CCOCc2ccccc2)N1. The van der Waals surface area contributed by atoms with Gasteiger partial charge < -0.3 is 10.1 Å². The number of amides is 1. The van der Waals surface area contributed by atoms with E-state index in [1.165, 1.54) is 5.56 Å². The van der Waals surface area contributed by atoms with Crippen LogP contribution in [0.1, 0.15) is 24.8 Å². The van der Waals surface area contributed by atoms with Crippen molar-refractivity contribution in [3.63, 3.8) is 0 Å². The number of ether oxygens (including phenoxy) is 1. The van der Waals surface area contributed by atoms with Gasteiger partial charge in [-0.3, -0.25) is 4.79 Å². The Bertz CT molecular complexity index is 337. The van der Waals surface area contributed by atoms with Crippen molar-refractivity contribution in [3.8, 4) is 0 Å². The second kappa shape index (κ2) is 5.66. The third-order valence-corrected chi connectivity index (χ3v) is 2.81. The van der Waals surface area contributed by atoms with Gasteiger partial charge in [-0.15, -0.1) is 0 Å². The van der Waals surface area contributed by atoms with Gasteiger partial charge in [-0.1, -0.05) is 30.3 Å². The third kappa shape index (κ3) is 3.35. The smallest absolute Gasteiger partial charge is 0.220 e. The summed E-state index contributed by atoms with van der Waals surface area (Å²) in [5.41, 5.74) is 1.19. The van der Waals surface area contributed by atoms with E-state index in [-0.39, 0.29) is 5.91 Å². The Labute approximate surface area is 95.8 Å². The summed E-state index contributed by atoms with van der Waals surface area (Å²) in [7, 11) is 0. The van der Waals surface area contributed by atoms with Crippen molar-refractivity contribution in [1.82, 2.24) is 5.32 Å². The van der Waals surface area contributed by atoms with Gasteiger partial charge in [0.2, 0.25) is 5.91 Å². The fraction of sp³-hybridized carbons (Fsp3) is 0.462. The molecule has 1 amide bonds. The van der Waals surface area contributed by atoms with E-state index in [1.807, 2.05) is 18.2 Å². The van der Waals surface area contributed by atoms with Crippen LogP contribution in [0.4, 0.5) is 0 Å². The molecule has 0 aromatic heterocycles. The Morgan fingerprint density at radius 1 is 1.31 bits per heavy atom. The molecule has 0 radical (unpaired) electrons. The molecule has 1 aliphatic heterocycles. The molecule has 1 heterocycles. The van der Waals surface area contributed by atoms with Gasteiger partial charge in [-0.25, -0.2) is 0 Å². The molecule has 0 bridgehead atoms. The van der Waals surface area contributed by atoms with Gasteiger partial charge >= 0.3 is 0 Å². The fourth-order valence-corrected chi connectivity index (χ4v) is 1.88. The van der Waals surface area contributed by atoms with Crippen molar-refractivity contribution in [3.05, 3.63) is 35.9 Å². The number of carbonyl (C=O) groups excluding carboxylic acids is 1. The zero-order chi connectivity index (χ0) is 11.2. The molecule has 0 spiro atoms. The minimum Gasteiger partial charge on any atom is -0.377 e. The van der Waals surface area contributed by atoms with Crippen molar-refractivity contribution in [2.24, 2.45) is 0 Å². The van der Waals surface area contributed by atoms with Crippen LogP contribution in [0.2, 0.25) is 0 Å². The van der Waals surface area contributed by atoms with E-state index in [2.05, 4.69) is 17.4 Å². The summed E-state index contributed by atoms with van der Waals surface area (Å²) in [6.45, 7) is 1.36. The van der Waals surface area contributed by atoms with Gasteiger partial charge in [0, 0.05) is 19.1 Å². The maximum atomic E-state index is 11.0. The molecule has 16 heavy (non-hydrogen) atoms. The normalized spacial score (nSPS) is 19.8. The molecule has 1 fully saturated rings. The van der Waals surface area contributed by atoms with Gasteiger partial charge in [0.05, 0.1) is 6.61 Å². The lowest BCUT2D eigenvalue weighted by Crippen LogP contribution is -2.26. The van der Waals surface area contributed by atoms with Crippen molar-refractivity contribution in [2.45, 2.75) is 31.9 Å². The minimum absolute atomic E-state index is 0.174. The number of rotatable bonds is 5. The Morgan fingerprint density at radius 3 is 2.81 bits per heavy atom. The van der Waals surface area contributed by atoms with Crippen LogP contribution in [0.15, 0.2) is 30.3 Å². The molecular formula is C13H17NO2. The maximum absolute atomic E-state index is 11.0. The number of benzene rings is 1. The molecule has 1 aromatic rings. The van der Waals surface area contributed by atoms with Gasteiger partial charge in [-0.2, -0.15) is 0 Å². The fourth-order valence-electron chi connectivity index (χ4n) is 1.88. The molecule has 3 nitrogen and oxygen atoms in total. The molecule has 0 aliphatic carbocycles. The van der Waals surface area contributed by atoms with Crippen LogP contribution < -0.4 is 5.32 Å². The molecular weight excluding hydrogens is 202 g/mol. The Hall–Kier alpha value is -1.35. The van der Waals surface area contributed by atoms with E-state index in [1.54, 1.807) is 0 Å². The monoisotopic (exact) mass is 219 g/mol. The second-order valence-corrected chi connectivity index (χ2v) is 4.13. The Kier molecular flexibility index (Phi) is 3.94.